The van der Waals surface area contributed by atoms with Crippen LogP contribution in [0.3, 0.4) is 0 Å². The topological polar surface area (TPSA) is 47.4 Å². The normalized spacial score (nSPS) is 12.5. The van der Waals surface area contributed by atoms with Crippen LogP contribution in [0.25, 0.3) is 5.69 Å². The zero-order chi connectivity index (χ0) is 18.6. The number of imidazole rings is 1. The van der Waals surface area contributed by atoms with Gasteiger partial charge in [0.15, 0.2) is 5.16 Å². The molecule has 0 bridgehead atoms. The Labute approximate surface area is 154 Å². The molecule has 0 spiro atoms. The summed E-state index contributed by atoms with van der Waals surface area (Å²) in [5.74, 6) is 0.949. The molecule has 1 amide bonds. The molecule has 0 aliphatic heterocycles. The highest BCUT2D eigenvalue weighted by molar-refractivity contribution is 8.00. The molecule has 1 heterocycles. The number of carbonyl (C=O) groups is 1. The van der Waals surface area contributed by atoms with Crippen molar-refractivity contribution in [1.29, 1.82) is 0 Å². The van der Waals surface area contributed by atoms with Crippen molar-refractivity contribution in [3.63, 3.8) is 0 Å². The average molecular weight is 362 g/mol. The van der Waals surface area contributed by atoms with Crippen molar-refractivity contribution in [3.05, 3.63) is 36.7 Å². The fourth-order valence-electron chi connectivity index (χ4n) is 2.84. The molecule has 0 saturated carbocycles. The van der Waals surface area contributed by atoms with Gasteiger partial charge in [-0.3, -0.25) is 9.36 Å². The summed E-state index contributed by atoms with van der Waals surface area (Å²) in [5, 5.41) is 0.600. The van der Waals surface area contributed by atoms with E-state index in [-0.39, 0.29) is 23.2 Å². The van der Waals surface area contributed by atoms with E-state index in [2.05, 4.69) is 4.98 Å². The molecule has 0 N–H and O–H groups in total. The van der Waals surface area contributed by atoms with Crippen LogP contribution in [0.2, 0.25) is 0 Å². The lowest BCUT2D eigenvalue weighted by atomic mass is 10.2. The van der Waals surface area contributed by atoms with Gasteiger partial charge < -0.3 is 9.64 Å². The fourth-order valence-corrected chi connectivity index (χ4v) is 3.78. The number of thioether (sulfide) groups is 1. The smallest absolute Gasteiger partial charge is 0.236 e. The number of rotatable bonds is 7. The molecule has 0 radical (unpaired) electrons. The summed E-state index contributed by atoms with van der Waals surface area (Å²) in [6, 6.07) is 8.14. The van der Waals surface area contributed by atoms with Gasteiger partial charge in [-0.25, -0.2) is 4.98 Å². The SMILES string of the molecule is COc1ccc(-n2ccnc2S[C@@H](C)C(=O)N(C(C)C)C(C)C)cc1. The minimum atomic E-state index is -0.204. The summed E-state index contributed by atoms with van der Waals surface area (Å²) in [5.41, 5.74) is 0.991. The van der Waals surface area contributed by atoms with Crippen LogP contribution in [-0.2, 0) is 4.79 Å². The molecular weight excluding hydrogens is 334 g/mol. The number of hydrogen-bond donors (Lipinski definition) is 0. The van der Waals surface area contributed by atoms with E-state index in [9.17, 15) is 4.79 Å². The highest BCUT2D eigenvalue weighted by Gasteiger charge is 2.26. The van der Waals surface area contributed by atoms with Crippen LogP contribution >= 0.6 is 11.8 Å². The molecule has 1 aromatic heterocycles. The van der Waals surface area contributed by atoms with Gasteiger partial charge >= 0.3 is 0 Å². The first-order valence-corrected chi connectivity index (χ1v) is 9.39. The summed E-state index contributed by atoms with van der Waals surface area (Å²) in [6.07, 6.45) is 3.66. The number of methoxy groups -OCH3 is 1. The second-order valence-electron chi connectivity index (χ2n) is 6.47. The molecule has 5 nitrogen and oxygen atoms in total. The lowest BCUT2D eigenvalue weighted by molar-refractivity contribution is -0.133. The Morgan fingerprint density at radius 1 is 1.12 bits per heavy atom. The summed E-state index contributed by atoms with van der Waals surface area (Å²) < 4.78 is 7.19. The molecule has 136 valence electrons. The van der Waals surface area contributed by atoms with Crippen LogP contribution < -0.4 is 4.74 Å². The van der Waals surface area contributed by atoms with Crippen LogP contribution in [-0.4, -0.2) is 44.8 Å². The van der Waals surface area contributed by atoms with Crippen molar-refractivity contribution in [2.24, 2.45) is 0 Å². The summed E-state index contributed by atoms with van der Waals surface area (Å²) in [7, 11) is 1.65. The third-order valence-corrected chi connectivity index (χ3v) is 5.02. The number of ether oxygens (including phenoxy) is 1. The molecule has 1 atom stereocenters. The Kier molecular flexibility index (Phi) is 6.53. The van der Waals surface area contributed by atoms with Gasteiger partial charge in [0.05, 0.1) is 12.4 Å². The van der Waals surface area contributed by atoms with Crippen molar-refractivity contribution < 1.29 is 9.53 Å². The van der Waals surface area contributed by atoms with E-state index in [0.717, 1.165) is 16.6 Å². The summed E-state index contributed by atoms with van der Waals surface area (Å²) >= 11 is 1.48. The minimum absolute atomic E-state index is 0.138. The van der Waals surface area contributed by atoms with Crippen molar-refractivity contribution >= 4 is 17.7 Å². The van der Waals surface area contributed by atoms with Crippen LogP contribution in [0.4, 0.5) is 0 Å². The number of nitrogens with zero attached hydrogens (tertiary/aromatic N) is 3. The summed E-state index contributed by atoms with van der Waals surface area (Å²) in [6.45, 7) is 10.1. The Morgan fingerprint density at radius 3 is 2.24 bits per heavy atom. The highest BCUT2D eigenvalue weighted by atomic mass is 32.2. The third kappa shape index (κ3) is 4.57. The maximum absolute atomic E-state index is 12.8. The Morgan fingerprint density at radius 2 is 1.72 bits per heavy atom. The zero-order valence-corrected chi connectivity index (χ0v) is 16.6. The molecule has 2 rings (SSSR count). The molecule has 6 heteroatoms. The van der Waals surface area contributed by atoms with Crippen molar-refractivity contribution in [2.75, 3.05) is 7.11 Å². The van der Waals surface area contributed by atoms with Gasteiger partial charge in [0, 0.05) is 30.2 Å². The van der Waals surface area contributed by atoms with Gasteiger partial charge in [0.25, 0.3) is 0 Å². The molecule has 0 fully saturated rings. The van der Waals surface area contributed by atoms with E-state index in [1.54, 1.807) is 13.3 Å². The molecular formula is C19H27N3O2S. The molecule has 2 aromatic rings. The van der Waals surface area contributed by atoms with Crippen LogP contribution in [0.1, 0.15) is 34.6 Å². The quantitative estimate of drug-likeness (QED) is 0.699. The second kappa shape index (κ2) is 8.43. The molecule has 25 heavy (non-hydrogen) atoms. The van der Waals surface area contributed by atoms with Crippen molar-refractivity contribution in [2.45, 2.75) is 57.1 Å². The van der Waals surface area contributed by atoms with Crippen molar-refractivity contribution in [1.82, 2.24) is 14.5 Å². The predicted molar refractivity (Wildman–Crippen MR) is 103 cm³/mol. The molecule has 0 aliphatic rings. The van der Waals surface area contributed by atoms with Gasteiger partial charge in [-0.05, 0) is 58.9 Å². The Balaban J connectivity index is 2.18. The predicted octanol–water partition coefficient (Wildman–Crippen LogP) is 4.01. The van der Waals surface area contributed by atoms with E-state index in [0.29, 0.717) is 0 Å². The average Bonchev–Trinajstić information content (AvgIpc) is 3.02. The van der Waals surface area contributed by atoms with E-state index in [4.69, 9.17) is 4.74 Å². The van der Waals surface area contributed by atoms with E-state index < -0.39 is 0 Å². The van der Waals surface area contributed by atoms with Gasteiger partial charge in [-0.1, -0.05) is 11.8 Å². The summed E-state index contributed by atoms with van der Waals surface area (Å²) in [4.78, 5) is 19.2. The maximum Gasteiger partial charge on any atom is 0.236 e. The van der Waals surface area contributed by atoms with Gasteiger partial charge in [0.1, 0.15) is 5.75 Å². The number of hydrogen-bond acceptors (Lipinski definition) is 4. The van der Waals surface area contributed by atoms with E-state index in [1.165, 1.54) is 11.8 Å². The number of carbonyl (C=O) groups excluding carboxylic acids is 1. The van der Waals surface area contributed by atoms with Gasteiger partial charge in [-0.2, -0.15) is 0 Å². The second-order valence-corrected chi connectivity index (χ2v) is 7.78. The lowest BCUT2D eigenvalue weighted by Crippen LogP contribution is -2.45. The fraction of sp³-hybridized carbons (Fsp3) is 0.474. The third-order valence-electron chi connectivity index (χ3n) is 3.95. The Hall–Kier alpha value is -1.95. The van der Waals surface area contributed by atoms with Crippen molar-refractivity contribution in [3.8, 4) is 11.4 Å². The monoisotopic (exact) mass is 361 g/mol. The zero-order valence-electron chi connectivity index (χ0n) is 15.8. The number of aromatic nitrogens is 2. The minimum Gasteiger partial charge on any atom is -0.497 e. The molecule has 1 aromatic carbocycles. The van der Waals surface area contributed by atoms with Crippen LogP contribution in [0, 0.1) is 0 Å². The number of benzene rings is 1. The molecule has 0 aliphatic carbocycles. The van der Waals surface area contributed by atoms with Gasteiger partial charge in [-0.15, -0.1) is 0 Å². The molecule has 0 unspecified atom stereocenters. The van der Waals surface area contributed by atoms with Gasteiger partial charge in [0.2, 0.25) is 5.91 Å². The maximum atomic E-state index is 12.8. The highest BCUT2D eigenvalue weighted by Crippen LogP contribution is 2.27. The first-order chi connectivity index (χ1) is 11.8. The van der Waals surface area contributed by atoms with E-state index >= 15 is 0 Å². The molecule has 0 saturated heterocycles. The standard InChI is InChI=1S/C19H27N3O2S/c1-13(2)22(14(3)4)18(23)15(5)25-19-20-11-12-21(19)16-7-9-17(24-6)10-8-16/h7-15H,1-6H3/t15-/m0/s1. The largest absolute Gasteiger partial charge is 0.497 e. The van der Waals surface area contributed by atoms with Crippen LogP contribution in [0.15, 0.2) is 41.8 Å². The van der Waals surface area contributed by atoms with Crippen LogP contribution in [0.5, 0.6) is 5.75 Å². The number of amides is 1. The Bertz CT molecular complexity index is 687. The first kappa shape index (κ1) is 19.4. The van der Waals surface area contributed by atoms with E-state index in [1.807, 2.05) is 74.5 Å². The lowest BCUT2D eigenvalue weighted by Gasteiger charge is -2.32. The first-order valence-electron chi connectivity index (χ1n) is 8.51.